The molecule has 1 heterocycles. The molecule has 0 saturated carbocycles. The zero-order valence-corrected chi connectivity index (χ0v) is 17.8. The Morgan fingerprint density at radius 1 is 1.22 bits per heavy atom. The van der Waals surface area contributed by atoms with E-state index >= 15 is 0 Å². The fourth-order valence-corrected chi connectivity index (χ4v) is 2.26. The predicted octanol–water partition coefficient (Wildman–Crippen LogP) is 4.18. The van der Waals surface area contributed by atoms with Gasteiger partial charge in [0.05, 0.1) is 12.2 Å². The van der Waals surface area contributed by atoms with Gasteiger partial charge in [-0.15, -0.1) is 24.0 Å². The van der Waals surface area contributed by atoms with Crippen molar-refractivity contribution in [2.45, 2.75) is 66.8 Å². The predicted molar refractivity (Wildman–Crippen MR) is 108 cm³/mol. The number of nitrogens with zero attached hydrogens (tertiary/aromatic N) is 2. The molecule has 0 aliphatic rings. The first-order chi connectivity index (χ1) is 10.4. The van der Waals surface area contributed by atoms with Gasteiger partial charge in [0.15, 0.2) is 5.96 Å². The fourth-order valence-electron chi connectivity index (χ4n) is 2.26. The number of aryl methyl sites for hydroxylation is 2. The number of hydrogen-bond donors (Lipinski definition) is 2. The molecule has 0 saturated heterocycles. The molecule has 0 amide bonds. The van der Waals surface area contributed by atoms with Crippen LogP contribution in [-0.2, 0) is 6.54 Å². The molecule has 0 bridgehead atoms. The van der Waals surface area contributed by atoms with E-state index in [0.29, 0.717) is 12.4 Å². The van der Waals surface area contributed by atoms with Crippen molar-refractivity contribution in [1.82, 2.24) is 15.6 Å². The lowest BCUT2D eigenvalue weighted by molar-refractivity contribution is 0.318. The second-order valence-electron chi connectivity index (χ2n) is 6.65. The molecule has 0 unspecified atom stereocenters. The van der Waals surface area contributed by atoms with Gasteiger partial charge in [-0.2, -0.15) is 0 Å². The van der Waals surface area contributed by atoms with Crippen molar-refractivity contribution in [3.05, 3.63) is 17.3 Å². The lowest BCUT2D eigenvalue weighted by Gasteiger charge is -2.26. The molecule has 5 nitrogen and oxygen atoms in total. The standard InChI is InChI=1S/C17H32N4O.HI/c1-7-8-9-10-17(4,5)12-20-16(18-6)19-11-15-21-13(2)14(3)22-15;/h7-12H2,1-6H3,(H2,18,19,20);1H. The van der Waals surface area contributed by atoms with Gasteiger partial charge in [0.2, 0.25) is 5.89 Å². The summed E-state index contributed by atoms with van der Waals surface area (Å²) in [4.78, 5) is 8.62. The molecule has 1 aromatic rings. The minimum atomic E-state index is 0. The first-order valence-electron chi connectivity index (χ1n) is 8.25. The summed E-state index contributed by atoms with van der Waals surface area (Å²) < 4.78 is 5.56. The number of hydrogen-bond acceptors (Lipinski definition) is 3. The molecule has 1 aromatic heterocycles. The average Bonchev–Trinajstić information content (AvgIpc) is 2.78. The van der Waals surface area contributed by atoms with E-state index in [0.717, 1.165) is 24.0 Å². The first kappa shape index (κ1) is 22.2. The summed E-state index contributed by atoms with van der Waals surface area (Å²) in [6, 6.07) is 0. The van der Waals surface area contributed by atoms with E-state index in [4.69, 9.17) is 4.42 Å². The molecule has 0 atom stereocenters. The fraction of sp³-hybridized carbons (Fsp3) is 0.765. The highest BCUT2D eigenvalue weighted by molar-refractivity contribution is 14.0. The summed E-state index contributed by atoms with van der Waals surface area (Å²) in [5.74, 6) is 2.36. The van der Waals surface area contributed by atoms with E-state index in [2.05, 4.69) is 41.4 Å². The Hall–Kier alpha value is -0.790. The molecule has 1 rings (SSSR count). The van der Waals surface area contributed by atoms with Crippen molar-refractivity contribution in [1.29, 1.82) is 0 Å². The van der Waals surface area contributed by atoms with Gasteiger partial charge in [-0.25, -0.2) is 4.98 Å². The molecule has 0 fully saturated rings. The average molecular weight is 436 g/mol. The lowest BCUT2D eigenvalue weighted by Crippen LogP contribution is -2.41. The summed E-state index contributed by atoms with van der Waals surface area (Å²) in [6.07, 6.45) is 5.08. The Labute approximate surface area is 158 Å². The molecule has 2 N–H and O–H groups in total. The highest BCUT2D eigenvalue weighted by Crippen LogP contribution is 2.22. The van der Waals surface area contributed by atoms with Gasteiger partial charge in [0.1, 0.15) is 5.76 Å². The van der Waals surface area contributed by atoms with E-state index in [9.17, 15) is 0 Å². The number of aromatic nitrogens is 1. The summed E-state index contributed by atoms with van der Waals surface area (Å²) >= 11 is 0. The van der Waals surface area contributed by atoms with Crippen molar-refractivity contribution in [2.75, 3.05) is 13.6 Å². The van der Waals surface area contributed by atoms with Crippen LogP contribution in [0.1, 0.15) is 63.8 Å². The van der Waals surface area contributed by atoms with Crippen LogP contribution in [0.25, 0.3) is 0 Å². The summed E-state index contributed by atoms with van der Waals surface area (Å²) in [6.45, 7) is 12.2. The van der Waals surface area contributed by atoms with E-state index in [1.807, 2.05) is 13.8 Å². The molecular weight excluding hydrogens is 403 g/mol. The molecule has 0 aliphatic carbocycles. The summed E-state index contributed by atoms with van der Waals surface area (Å²) in [5, 5.41) is 6.65. The van der Waals surface area contributed by atoms with Crippen LogP contribution in [0.5, 0.6) is 0 Å². The molecule has 134 valence electrons. The normalized spacial score (nSPS) is 12.0. The van der Waals surface area contributed by atoms with Crippen LogP contribution in [0.2, 0.25) is 0 Å². The van der Waals surface area contributed by atoms with E-state index in [-0.39, 0.29) is 29.4 Å². The zero-order chi connectivity index (χ0) is 16.6. The molecule has 0 radical (unpaired) electrons. The number of aliphatic imine (C=N–C) groups is 1. The van der Waals surface area contributed by atoms with Crippen LogP contribution >= 0.6 is 24.0 Å². The van der Waals surface area contributed by atoms with Crippen LogP contribution < -0.4 is 10.6 Å². The minimum Gasteiger partial charge on any atom is -0.444 e. The van der Waals surface area contributed by atoms with Gasteiger partial charge in [-0.05, 0) is 25.7 Å². The second-order valence-corrected chi connectivity index (χ2v) is 6.65. The summed E-state index contributed by atoms with van der Waals surface area (Å²) in [7, 11) is 1.78. The van der Waals surface area contributed by atoms with Crippen LogP contribution in [0.15, 0.2) is 9.41 Å². The highest BCUT2D eigenvalue weighted by Gasteiger charge is 2.17. The van der Waals surface area contributed by atoms with Crippen molar-refractivity contribution in [3.63, 3.8) is 0 Å². The van der Waals surface area contributed by atoms with E-state index < -0.39 is 0 Å². The van der Waals surface area contributed by atoms with Crippen molar-refractivity contribution >= 4 is 29.9 Å². The largest absolute Gasteiger partial charge is 0.444 e. The molecular formula is C17H33IN4O. The third kappa shape index (κ3) is 8.58. The highest BCUT2D eigenvalue weighted by atomic mass is 127. The van der Waals surface area contributed by atoms with Gasteiger partial charge >= 0.3 is 0 Å². The minimum absolute atomic E-state index is 0. The van der Waals surface area contributed by atoms with Crippen molar-refractivity contribution in [2.24, 2.45) is 10.4 Å². The van der Waals surface area contributed by atoms with Crippen molar-refractivity contribution in [3.8, 4) is 0 Å². The monoisotopic (exact) mass is 436 g/mol. The Morgan fingerprint density at radius 3 is 2.43 bits per heavy atom. The van der Waals surface area contributed by atoms with Crippen LogP contribution in [0.4, 0.5) is 0 Å². The topological polar surface area (TPSA) is 62.5 Å². The van der Waals surface area contributed by atoms with E-state index in [1.54, 1.807) is 7.05 Å². The number of unbranched alkanes of at least 4 members (excludes halogenated alkanes) is 2. The summed E-state index contributed by atoms with van der Waals surface area (Å²) in [5.41, 5.74) is 1.21. The number of halogens is 1. The zero-order valence-electron chi connectivity index (χ0n) is 15.5. The molecule has 0 aliphatic heterocycles. The maximum atomic E-state index is 5.56. The SMILES string of the molecule is CCCCCC(C)(C)CNC(=NC)NCc1nc(C)c(C)o1.I. The Bertz CT molecular complexity index is 463. The Balaban J connectivity index is 0.00000484. The van der Waals surface area contributed by atoms with Gasteiger partial charge in [0.25, 0.3) is 0 Å². The Kier molecular flexibility index (Phi) is 10.5. The van der Waals surface area contributed by atoms with Crippen LogP contribution in [0.3, 0.4) is 0 Å². The van der Waals surface area contributed by atoms with Gasteiger partial charge in [0, 0.05) is 13.6 Å². The number of nitrogens with one attached hydrogen (secondary N) is 2. The number of rotatable bonds is 8. The second kappa shape index (κ2) is 10.9. The van der Waals surface area contributed by atoms with E-state index in [1.165, 1.54) is 25.7 Å². The molecule has 0 spiro atoms. The Morgan fingerprint density at radius 2 is 1.91 bits per heavy atom. The van der Waals surface area contributed by atoms with Gasteiger partial charge < -0.3 is 15.1 Å². The lowest BCUT2D eigenvalue weighted by atomic mass is 9.87. The van der Waals surface area contributed by atoms with Crippen LogP contribution in [0, 0.1) is 19.3 Å². The molecule has 0 aromatic carbocycles. The molecule has 6 heteroatoms. The van der Waals surface area contributed by atoms with Gasteiger partial charge in [-0.3, -0.25) is 4.99 Å². The third-order valence-corrected chi connectivity index (χ3v) is 3.89. The van der Waals surface area contributed by atoms with Crippen molar-refractivity contribution < 1.29 is 4.42 Å². The maximum absolute atomic E-state index is 5.56. The smallest absolute Gasteiger partial charge is 0.214 e. The quantitative estimate of drug-likeness (QED) is 0.278. The van der Waals surface area contributed by atoms with Gasteiger partial charge in [-0.1, -0.05) is 40.0 Å². The third-order valence-electron chi connectivity index (χ3n) is 3.89. The number of oxazole rings is 1. The van der Waals surface area contributed by atoms with Crippen LogP contribution in [-0.4, -0.2) is 24.5 Å². The maximum Gasteiger partial charge on any atom is 0.214 e. The number of guanidine groups is 1. The molecule has 23 heavy (non-hydrogen) atoms. The first-order valence-corrected chi connectivity index (χ1v) is 8.25.